The van der Waals surface area contributed by atoms with Gasteiger partial charge < -0.3 is 4.90 Å². The summed E-state index contributed by atoms with van der Waals surface area (Å²) in [5.74, 6) is 0.145. The van der Waals surface area contributed by atoms with E-state index in [4.69, 9.17) is 0 Å². The second kappa shape index (κ2) is 9.26. The zero-order valence-electron chi connectivity index (χ0n) is 17.1. The Kier molecular flexibility index (Phi) is 6.72. The zero-order valence-corrected chi connectivity index (χ0v) is 17.9. The number of amides is 1. The van der Waals surface area contributed by atoms with Crippen LogP contribution in [0.5, 0.6) is 0 Å². The van der Waals surface area contributed by atoms with Crippen molar-refractivity contribution in [3.63, 3.8) is 0 Å². The Labute approximate surface area is 180 Å². The number of rotatable bonds is 6. The molecule has 1 aliphatic heterocycles. The van der Waals surface area contributed by atoms with Gasteiger partial charge in [0.25, 0.3) is 11.6 Å². The monoisotopic (exact) mass is 424 g/mol. The molecular formula is C23H24N2O4S. The first-order chi connectivity index (χ1) is 14.3. The van der Waals surface area contributed by atoms with Crippen LogP contribution in [0.1, 0.15) is 43.7 Å². The third-order valence-electron chi connectivity index (χ3n) is 5.13. The van der Waals surface area contributed by atoms with Crippen molar-refractivity contribution in [2.75, 3.05) is 13.1 Å². The van der Waals surface area contributed by atoms with Crippen molar-refractivity contribution in [1.82, 2.24) is 4.90 Å². The molecule has 0 N–H and O–H groups in total. The molecule has 1 aliphatic rings. The van der Waals surface area contributed by atoms with Crippen molar-refractivity contribution >= 4 is 34.7 Å². The molecule has 1 fully saturated rings. The fraction of sp³-hybridized carbons (Fsp3) is 0.304. The molecule has 2 aromatic carbocycles. The maximum Gasteiger partial charge on any atom is 0.283 e. The van der Waals surface area contributed by atoms with Crippen molar-refractivity contribution in [3.05, 3.63) is 70.3 Å². The van der Waals surface area contributed by atoms with Gasteiger partial charge in [-0.05, 0) is 29.2 Å². The van der Waals surface area contributed by atoms with Crippen molar-refractivity contribution in [3.8, 4) is 0 Å². The normalized spacial score (nSPS) is 14.1. The van der Waals surface area contributed by atoms with E-state index in [0.29, 0.717) is 42.3 Å². The molecule has 1 heterocycles. The average molecular weight is 425 g/mol. The molecule has 0 aromatic heterocycles. The van der Waals surface area contributed by atoms with Crippen LogP contribution < -0.4 is 0 Å². The van der Waals surface area contributed by atoms with Gasteiger partial charge in [0.1, 0.15) is 5.78 Å². The highest BCUT2D eigenvalue weighted by atomic mass is 32.2. The maximum atomic E-state index is 12.7. The number of hydrogen-bond acceptors (Lipinski definition) is 5. The summed E-state index contributed by atoms with van der Waals surface area (Å²) in [4.78, 5) is 38.5. The summed E-state index contributed by atoms with van der Waals surface area (Å²) in [6.45, 7) is 8.75. The minimum Gasteiger partial charge on any atom is -0.338 e. The van der Waals surface area contributed by atoms with Gasteiger partial charge in [0.2, 0.25) is 0 Å². The summed E-state index contributed by atoms with van der Waals surface area (Å²) in [7, 11) is 0. The first-order valence-corrected chi connectivity index (χ1v) is 10.6. The maximum absolute atomic E-state index is 12.7. The number of likely N-dealkylation sites (tertiary alicyclic amines) is 1. The Morgan fingerprint density at radius 2 is 1.80 bits per heavy atom. The number of nitro benzene ring substituents is 1. The predicted molar refractivity (Wildman–Crippen MR) is 118 cm³/mol. The lowest BCUT2D eigenvalue weighted by molar-refractivity contribution is -0.387. The highest BCUT2D eigenvalue weighted by Gasteiger charge is 2.25. The van der Waals surface area contributed by atoms with Crippen LogP contribution in [-0.2, 0) is 9.59 Å². The zero-order chi connectivity index (χ0) is 21.8. The third-order valence-corrected chi connectivity index (χ3v) is 6.29. The molecular weight excluding hydrogens is 400 g/mol. The van der Waals surface area contributed by atoms with E-state index < -0.39 is 4.92 Å². The molecule has 1 amide bonds. The molecule has 156 valence electrons. The number of benzene rings is 2. The van der Waals surface area contributed by atoms with Gasteiger partial charge >= 0.3 is 0 Å². The number of Topliss-reactive ketones (excluding diaryl/α,β-unsaturated/α-hetero) is 1. The van der Waals surface area contributed by atoms with Gasteiger partial charge in [0.05, 0.1) is 9.82 Å². The van der Waals surface area contributed by atoms with Gasteiger partial charge in [0.15, 0.2) is 0 Å². The number of nitrogens with zero attached hydrogens (tertiary/aromatic N) is 2. The van der Waals surface area contributed by atoms with Gasteiger partial charge in [0, 0.05) is 42.5 Å². The number of ketones is 1. The molecule has 0 saturated carbocycles. The van der Waals surface area contributed by atoms with Crippen LogP contribution in [0.15, 0.2) is 58.8 Å². The summed E-state index contributed by atoms with van der Waals surface area (Å²) in [6, 6.07) is 12.6. The molecule has 2 aromatic rings. The average Bonchev–Trinajstić information content (AvgIpc) is 2.73. The summed E-state index contributed by atoms with van der Waals surface area (Å²) < 4.78 is 0. The van der Waals surface area contributed by atoms with E-state index in [1.165, 1.54) is 17.8 Å². The summed E-state index contributed by atoms with van der Waals surface area (Å²) >= 11 is 1.35. The van der Waals surface area contributed by atoms with Gasteiger partial charge in [-0.2, -0.15) is 0 Å². The van der Waals surface area contributed by atoms with Crippen molar-refractivity contribution in [2.45, 2.75) is 42.4 Å². The van der Waals surface area contributed by atoms with Crippen LogP contribution in [-0.4, -0.2) is 34.6 Å². The van der Waals surface area contributed by atoms with Crippen molar-refractivity contribution < 1.29 is 14.5 Å². The van der Waals surface area contributed by atoms with Gasteiger partial charge in [-0.25, -0.2) is 0 Å². The van der Waals surface area contributed by atoms with Crippen molar-refractivity contribution in [2.24, 2.45) is 0 Å². The van der Waals surface area contributed by atoms with E-state index in [9.17, 15) is 19.7 Å². The molecule has 0 unspecified atom stereocenters. The van der Waals surface area contributed by atoms with Crippen LogP contribution in [0.4, 0.5) is 5.69 Å². The third kappa shape index (κ3) is 4.79. The summed E-state index contributed by atoms with van der Waals surface area (Å²) in [5.41, 5.74) is 1.69. The quantitative estimate of drug-likeness (QED) is 0.367. The largest absolute Gasteiger partial charge is 0.338 e. The van der Waals surface area contributed by atoms with E-state index in [0.717, 1.165) is 10.5 Å². The molecule has 0 bridgehead atoms. The molecule has 0 spiro atoms. The molecule has 30 heavy (non-hydrogen) atoms. The molecule has 0 aliphatic carbocycles. The molecule has 0 atom stereocenters. The summed E-state index contributed by atoms with van der Waals surface area (Å²) in [5, 5.41) is 11.7. The fourth-order valence-corrected chi connectivity index (χ4v) is 4.56. The lowest BCUT2D eigenvalue weighted by atomic mass is 10.0. The van der Waals surface area contributed by atoms with E-state index in [1.54, 1.807) is 17.0 Å². The van der Waals surface area contributed by atoms with Crippen LogP contribution >= 0.6 is 11.8 Å². The number of carbonyl (C=O) groups excluding carboxylic acids is 2. The molecule has 3 rings (SSSR count). The molecule has 7 heteroatoms. The second-order valence-corrected chi connectivity index (χ2v) is 8.63. The van der Waals surface area contributed by atoms with Gasteiger partial charge in [-0.15, -0.1) is 0 Å². The van der Waals surface area contributed by atoms with Crippen molar-refractivity contribution in [1.29, 1.82) is 0 Å². The molecule has 6 nitrogen and oxygen atoms in total. The Bertz CT molecular complexity index is 1010. The van der Waals surface area contributed by atoms with E-state index in [-0.39, 0.29) is 23.0 Å². The SMILES string of the molecule is C=C(C(=O)N1CCC(=O)CC1)c1ccc(Sc2ccccc2C(C)C)c([N+](=O)[O-])c1. The number of nitro groups is 1. The number of hydrogen-bond donors (Lipinski definition) is 0. The Balaban J connectivity index is 1.87. The topological polar surface area (TPSA) is 80.5 Å². The van der Waals surface area contributed by atoms with Crippen LogP contribution in [0.2, 0.25) is 0 Å². The fourth-order valence-electron chi connectivity index (χ4n) is 3.38. The second-order valence-electron chi connectivity index (χ2n) is 7.54. The highest BCUT2D eigenvalue weighted by molar-refractivity contribution is 7.99. The molecule has 1 saturated heterocycles. The van der Waals surface area contributed by atoms with Crippen LogP contribution in [0.25, 0.3) is 5.57 Å². The Morgan fingerprint density at radius 1 is 1.13 bits per heavy atom. The van der Waals surface area contributed by atoms with E-state index in [1.807, 2.05) is 24.3 Å². The van der Waals surface area contributed by atoms with Gasteiger partial charge in [-0.3, -0.25) is 19.7 Å². The Morgan fingerprint density at radius 3 is 2.43 bits per heavy atom. The van der Waals surface area contributed by atoms with Crippen LogP contribution in [0, 0.1) is 10.1 Å². The molecule has 0 radical (unpaired) electrons. The minimum atomic E-state index is -0.429. The number of carbonyl (C=O) groups is 2. The smallest absolute Gasteiger partial charge is 0.283 e. The lowest BCUT2D eigenvalue weighted by Crippen LogP contribution is -2.38. The number of piperidine rings is 1. The van der Waals surface area contributed by atoms with Gasteiger partial charge in [-0.1, -0.05) is 56.5 Å². The Hall–Kier alpha value is -2.93. The standard InChI is InChI=1S/C23H24N2O4S/c1-15(2)19-6-4-5-7-21(19)30-22-9-8-17(14-20(22)25(28)29)16(3)23(27)24-12-10-18(26)11-13-24/h4-9,14-15H,3,10-13H2,1-2H3. The van der Waals surface area contributed by atoms with E-state index in [2.05, 4.69) is 20.4 Å². The first kappa shape index (κ1) is 21.8. The van der Waals surface area contributed by atoms with Crippen LogP contribution in [0.3, 0.4) is 0 Å². The highest BCUT2D eigenvalue weighted by Crippen LogP contribution is 2.39. The minimum absolute atomic E-state index is 0.0566. The summed E-state index contributed by atoms with van der Waals surface area (Å²) in [6.07, 6.45) is 0.675. The lowest BCUT2D eigenvalue weighted by Gasteiger charge is -2.26. The predicted octanol–water partition coefficient (Wildman–Crippen LogP) is 5.07. The van der Waals surface area contributed by atoms with E-state index >= 15 is 0 Å². The first-order valence-electron chi connectivity index (χ1n) is 9.83.